The molecular weight excluding hydrogens is 434 g/mol. The molecule has 0 bridgehead atoms. The molecule has 0 aliphatic carbocycles. The summed E-state index contributed by atoms with van der Waals surface area (Å²) in [6.45, 7) is 1.42. The average molecular weight is 454 g/mol. The molecule has 3 aromatic heterocycles. The molecule has 3 N–H and O–H groups in total. The van der Waals surface area contributed by atoms with Crippen LogP contribution in [0.3, 0.4) is 0 Å². The van der Waals surface area contributed by atoms with Gasteiger partial charge < -0.3 is 20.3 Å². The molecule has 1 atom stereocenters. The number of aliphatic hydroxyl groups excluding tert-OH is 2. The first-order chi connectivity index (χ1) is 15.1. The lowest BCUT2D eigenvalue weighted by molar-refractivity contribution is 0.0897. The van der Waals surface area contributed by atoms with Crippen LogP contribution in [-0.4, -0.2) is 36.1 Å². The normalized spacial score (nSPS) is 11.8. The van der Waals surface area contributed by atoms with E-state index >= 15 is 0 Å². The zero-order valence-corrected chi connectivity index (χ0v) is 18.1. The summed E-state index contributed by atoms with van der Waals surface area (Å²) in [5.41, 5.74) is 0.749. The number of nitrogens with zero attached hydrogens (tertiary/aromatic N) is 4. The van der Waals surface area contributed by atoms with Crippen LogP contribution in [0.15, 0.2) is 70.7 Å². The molecule has 31 heavy (non-hydrogen) atoms. The van der Waals surface area contributed by atoms with Crippen LogP contribution in [0, 0.1) is 6.92 Å². The van der Waals surface area contributed by atoms with Gasteiger partial charge in [0, 0.05) is 39.8 Å². The lowest BCUT2D eigenvalue weighted by Gasteiger charge is -2.13. The van der Waals surface area contributed by atoms with Crippen LogP contribution in [0.25, 0.3) is 0 Å². The van der Waals surface area contributed by atoms with E-state index in [1.165, 1.54) is 0 Å². The molecule has 0 saturated carbocycles. The second kappa shape index (κ2) is 9.84. The summed E-state index contributed by atoms with van der Waals surface area (Å²) in [7, 11) is 0. The standard InChI is InChI=1S/C21H19N5O3S2/c1-13-17(8-5-9-22-13)29-18-10-15(30-14-6-3-2-4-7-14)11-23-20(18)25-21-24-19(26-31-21)16(28)12-27/h2-11,16,27-28H,12H2,1H3,(H,23,24,25,26). The van der Waals surface area contributed by atoms with E-state index in [2.05, 4.69) is 24.6 Å². The number of aromatic nitrogens is 4. The number of hydrogen-bond donors (Lipinski definition) is 3. The Labute approximate surface area is 187 Å². The van der Waals surface area contributed by atoms with Gasteiger partial charge in [0.15, 0.2) is 17.4 Å². The number of nitrogens with one attached hydrogen (secondary N) is 1. The van der Waals surface area contributed by atoms with Crippen LogP contribution in [0.2, 0.25) is 0 Å². The minimum absolute atomic E-state index is 0.150. The molecule has 0 aliphatic rings. The molecule has 0 spiro atoms. The van der Waals surface area contributed by atoms with E-state index in [1.807, 2.05) is 49.4 Å². The largest absolute Gasteiger partial charge is 0.452 e. The smallest absolute Gasteiger partial charge is 0.208 e. The van der Waals surface area contributed by atoms with Gasteiger partial charge in [-0.05, 0) is 31.2 Å². The highest BCUT2D eigenvalue weighted by atomic mass is 32.2. The number of aliphatic hydroxyl groups is 2. The summed E-state index contributed by atoms with van der Waals surface area (Å²) in [5.74, 6) is 1.71. The number of benzene rings is 1. The molecule has 0 fully saturated rings. The second-order valence-electron chi connectivity index (χ2n) is 6.40. The van der Waals surface area contributed by atoms with Gasteiger partial charge in [-0.25, -0.2) is 9.97 Å². The third kappa shape index (κ3) is 5.36. The van der Waals surface area contributed by atoms with Crippen molar-refractivity contribution in [3.8, 4) is 11.5 Å². The molecule has 0 amide bonds. The molecule has 0 saturated heterocycles. The summed E-state index contributed by atoms with van der Waals surface area (Å²) in [6.07, 6.45) is 2.32. The van der Waals surface area contributed by atoms with Gasteiger partial charge in [0.1, 0.15) is 11.9 Å². The summed E-state index contributed by atoms with van der Waals surface area (Å²) in [6, 6.07) is 15.5. The van der Waals surface area contributed by atoms with Crippen molar-refractivity contribution in [1.29, 1.82) is 0 Å². The van der Waals surface area contributed by atoms with Crippen LogP contribution in [0.4, 0.5) is 10.9 Å². The molecule has 4 aromatic rings. The molecule has 1 aromatic carbocycles. The number of rotatable bonds is 8. The first kappa shape index (κ1) is 21.2. The van der Waals surface area contributed by atoms with E-state index in [0.717, 1.165) is 27.0 Å². The Kier molecular flexibility index (Phi) is 6.73. The molecule has 158 valence electrons. The Bertz CT molecular complexity index is 1160. The van der Waals surface area contributed by atoms with Crippen molar-refractivity contribution in [1.82, 2.24) is 19.3 Å². The SMILES string of the molecule is Cc1ncccc1Oc1cc(Sc2ccccc2)cnc1Nc1nc(C(O)CO)ns1. The summed E-state index contributed by atoms with van der Waals surface area (Å²) in [5, 5.41) is 22.3. The molecular formula is C21H19N5O3S2. The van der Waals surface area contributed by atoms with Crippen molar-refractivity contribution in [3.63, 3.8) is 0 Å². The zero-order chi connectivity index (χ0) is 21.6. The van der Waals surface area contributed by atoms with E-state index in [-0.39, 0.29) is 5.82 Å². The van der Waals surface area contributed by atoms with Crippen LogP contribution >= 0.6 is 23.3 Å². The van der Waals surface area contributed by atoms with Gasteiger partial charge in [-0.2, -0.15) is 4.37 Å². The van der Waals surface area contributed by atoms with Gasteiger partial charge in [-0.1, -0.05) is 30.0 Å². The van der Waals surface area contributed by atoms with Gasteiger partial charge in [0.25, 0.3) is 0 Å². The first-order valence-electron chi connectivity index (χ1n) is 9.34. The number of ether oxygens (including phenoxy) is 1. The molecule has 10 heteroatoms. The Morgan fingerprint density at radius 3 is 2.71 bits per heavy atom. The minimum Gasteiger partial charge on any atom is -0.452 e. The Hall–Kier alpha value is -3.05. The highest BCUT2D eigenvalue weighted by Crippen LogP contribution is 2.36. The fraction of sp³-hybridized carbons (Fsp3) is 0.143. The molecule has 3 heterocycles. The van der Waals surface area contributed by atoms with Crippen molar-refractivity contribution < 1.29 is 14.9 Å². The highest BCUT2D eigenvalue weighted by Gasteiger charge is 2.16. The fourth-order valence-corrected chi connectivity index (χ4v) is 4.03. The predicted molar refractivity (Wildman–Crippen MR) is 119 cm³/mol. The van der Waals surface area contributed by atoms with Gasteiger partial charge in [0.05, 0.1) is 12.3 Å². The molecule has 4 rings (SSSR count). The zero-order valence-electron chi connectivity index (χ0n) is 16.5. The van der Waals surface area contributed by atoms with E-state index in [1.54, 1.807) is 30.2 Å². The van der Waals surface area contributed by atoms with Crippen LogP contribution < -0.4 is 10.1 Å². The quantitative estimate of drug-likeness (QED) is 0.358. The van der Waals surface area contributed by atoms with E-state index in [0.29, 0.717) is 22.4 Å². The molecule has 1 unspecified atom stereocenters. The number of hydrogen-bond acceptors (Lipinski definition) is 10. The van der Waals surface area contributed by atoms with Gasteiger partial charge in [-0.15, -0.1) is 0 Å². The summed E-state index contributed by atoms with van der Waals surface area (Å²) < 4.78 is 10.2. The highest BCUT2D eigenvalue weighted by molar-refractivity contribution is 7.99. The maximum absolute atomic E-state index is 9.72. The third-order valence-corrected chi connectivity index (χ3v) is 5.73. The number of aryl methyl sites for hydroxylation is 1. The molecule has 0 aliphatic heterocycles. The van der Waals surface area contributed by atoms with Crippen LogP contribution in [-0.2, 0) is 0 Å². The van der Waals surface area contributed by atoms with E-state index in [4.69, 9.17) is 9.84 Å². The topological polar surface area (TPSA) is 113 Å². The van der Waals surface area contributed by atoms with Crippen LogP contribution in [0.1, 0.15) is 17.6 Å². The Morgan fingerprint density at radius 1 is 1.10 bits per heavy atom. The van der Waals surface area contributed by atoms with Crippen molar-refractivity contribution in [3.05, 3.63) is 72.4 Å². The third-order valence-electron chi connectivity index (χ3n) is 4.12. The predicted octanol–water partition coefficient (Wildman–Crippen LogP) is 4.35. The molecule has 8 nitrogen and oxygen atoms in total. The number of pyridine rings is 2. The molecule has 0 radical (unpaired) electrons. The lowest BCUT2D eigenvalue weighted by Crippen LogP contribution is -2.04. The first-order valence-corrected chi connectivity index (χ1v) is 10.9. The summed E-state index contributed by atoms with van der Waals surface area (Å²) >= 11 is 2.63. The van der Waals surface area contributed by atoms with Crippen LogP contribution in [0.5, 0.6) is 11.5 Å². The maximum atomic E-state index is 9.72. The number of anilines is 2. The monoisotopic (exact) mass is 453 g/mol. The van der Waals surface area contributed by atoms with Crippen molar-refractivity contribution in [2.75, 3.05) is 11.9 Å². The van der Waals surface area contributed by atoms with Gasteiger partial charge >= 0.3 is 0 Å². The summed E-state index contributed by atoms with van der Waals surface area (Å²) in [4.78, 5) is 15.0. The Morgan fingerprint density at radius 2 is 1.94 bits per heavy atom. The minimum atomic E-state index is -1.13. The van der Waals surface area contributed by atoms with E-state index in [9.17, 15) is 5.11 Å². The van der Waals surface area contributed by atoms with Gasteiger partial charge in [0.2, 0.25) is 5.13 Å². The Balaban J connectivity index is 1.64. The second-order valence-corrected chi connectivity index (χ2v) is 8.30. The maximum Gasteiger partial charge on any atom is 0.208 e. The van der Waals surface area contributed by atoms with Gasteiger partial charge in [-0.3, -0.25) is 4.98 Å². The lowest BCUT2D eigenvalue weighted by atomic mass is 10.3. The van der Waals surface area contributed by atoms with Crippen molar-refractivity contribution in [2.45, 2.75) is 22.8 Å². The fourth-order valence-electron chi connectivity index (χ4n) is 2.58. The van der Waals surface area contributed by atoms with Crippen molar-refractivity contribution >= 4 is 34.2 Å². The van der Waals surface area contributed by atoms with E-state index < -0.39 is 12.7 Å². The average Bonchev–Trinajstić information content (AvgIpc) is 3.26. The van der Waals surface area contributed by atoms with Crippen molar-refractivity contribution in [2.24, 2.45) is 0 Å².